The largest absolute Gasteiger partial charge is 0.459 e. The standard InChI is InChI=1S/C17H19NO4S2/c1-17(2,3)22-14(19)10-18-15(20)13(24-16(18)21)9-11-5-7-12(23-4)8-6-11/h5-9H,10H2,1-4H3/b13-9-. The van der Waals surface area contributed by atoms with Gasteiger partial charge in [0.1, 0.15) is 12.1 Å². The molecule has 2 rings (SSSR count). The van der Waals surface area contributed by atoms with E-state index in [2.05, 4.69) is 0 Å². The number of nitrogens with zero attached hydrogens (tertiary/aromatic N) is 1. The number of benzene rings is 1. The Morgan fingerprint density at radius 2 is 1.88 bits per heavy atom. The third kappa shape index (κ3) is 4.88. The molecule has 0 saturated carbocycles. The Morgan fingerprint density at radius 3 is 2.42 bits per heavy atom. The molecule has 0 radical (unpaired) electrons. The van der Waals surface area contributed by atoms with E-state index in [-0.39, 0.29) is 6.54 Å². The molecule has 0 bridgehead atoms. The lowest BCUT2D eigenvalue weighted by Gasteiger charge is -2.21. The number of carbonyl (C=O) groups excluding carboxylic acids is 3. The van der Waals surface area contributed by atoms with Crippen LogP contribution in [0.3, 0.4) is 0 Å². The van der Waals surface area contributed by atoms with E-state index >= 15 is 0 Å². The SMILES string of the molecule is CSc1ccc(/C=C2\SC(=O)N(CC(=O)OC(C)(C)C)C2=O)cc1. The molecule has 7 heteroatoms. The number of amides is 2. The van der Waals surface area contributed by atoms with Crippen molar-refractivity contribution in [3.05, 3.63) is 34.7 Å². The molecular weight excluding hydrogens is 346 g/mol. The fraction of sp³-hybridized carbons (Fsp3) is 0.353. The third-order valence-electron chi connectivity index (χ3n) is 2.99. The van der Waals surface area contributed by atoms with Crippen LogP contribution in [0.5, 0.6) is 0 Å². The molecular formula is C17H19NO4S2. The molecule has 1 saturated heterocycles. The summed E-state index contributed by atoms with van der Waals surface area (Å²) in [6.45, 7) is 4.83. The summed E-state index contributed by atoms with van der Waals surface area (Å²) in [5.41, 5.74) is 0.170. The van der Waals surface area contributed by atoms with Gasteiger partial charge in [-0.15, -0.1) is 11.8 Å². The number of hydrogen-bond donors (Lipinski definition) is 0. The van der Waals surface area contributed by atoms with Crippen LogP contribution in [0.15, 0.2) is 34.1 Å². The van der Waals surface area contributed by atoms with Crippen LogP contribution in [-0.4, -0.2) is 40.4 Å². The molecule has 1 aliphatic heterocycles. The van der Waals surface area contributed by atoms with Crippen LogP contribution in [0.4, 0.5) is 4.79 Å². The van der Waals surface area contributed by atoms with Crippen LogP contribution in [0.25, 0.3) is 6.08 Å². The summed E-state index contributed by atoms with van der Waals surface area (Å²) < 4.78 is 5.16. The second kappa shape index (κ2) is 7.44. The van der Waals surface area contributed by atoms with Crippen molar-refractivity contribution in [2.45, 2.75) is 31.3 Å². The lowest BCUT2D eigenvalue weighted by Crippen LogP contribution is -2.37. The van der Waals surface area contributed by atoms with E-state index in [1.807, 2.05) is 30.5 Å². The van der Waals surface area contributed by atoms with Gasteiger partial charge in [-0.1, -0.05) is 12.1 Å². The maximum Gasteiger partial charge on any atom is 0.326 e. The molecule has 0 aromatic heterocycles. The predicted octanol–water partition coefficient (Wildman–Crippen LogP) is 3.79. The van der Waals surface area contributed by atoms with Crippen molar-refractivity contribution in [2.24, 2.45) is 0 Å². The molecule has 1 fully saturated rings. The number of rotatable bonds is 4. The lowest BCUT2D eigenvalue weighted by molar-refractivity contribution is -0.156. The minimum Gasteiger partial charge on any atom is -0.459 e. The van der Waals surface area contributed by atoms with Crippen molar-refractivity contribution in [1.82, 2.24) is 4.90 Å². The highest BCUT2D eigenvalue weighted by Crippen LogP contribution is 2.32. The summed E-state index contributed by atoms with van der Waals surface area (Å²) in [6, 6.07) is 7.66. The average Bonchev–Trinajstić information content (AvgIpc) is 2.74. The van der Waals surface area contributed by atoms with Gasteiger partial charge in [0, 0.05) is 4.90 Å². The molecule has 1 aliphatic rings. The Kier molecular flexibility index (Phi) is 5.77. The number of carbonyl (C=O) groups is 3. The van der Waals surface area contributed by atoms with E-state index in [0.717, 1.165) is 27.1 Å². The van der Waals surface area contributed by atoms with Crippen molar-refractivity contribution < 1.29 is 19.1 Å². The van der Waals surface area contributed by atoms with Gasteiger partial charge in [-0.3, -0.25) is 19.3 Å². The van der Waals surface area contributed by atoms with Gasteiger partial charge in [-0.25, -0.2) is 0 Å². The summed E-state index contributed by atoms with van der Waals surface area (Å²) in [5.74, 6) is -1.07. The zero-order valence-electron chi connectivity index (χ0n) is 14.0. The van der Waals surface area contributed by atoms with Gasteiger partial charge in [0.2, 0.25) is 0 Å². The first kappa shape index (κ1) is 18.6. The number of imide groups is 1. The van der Waals surface area contributed by atoms with Crippen molar-refractivity contribution >= 4 is 46.7 Å². The summed E-state index contributed by atoms with van der Waals surface area (Å²) in [7, 11) is 0. The van der Waals surface area contributed by atoms with Gasteiger partial charge in [-0.05, 0) is 62.6 Å². The van der Waals surface area contributed by atoms with Gasteiger partial charge in [-0.2, -0.15) is 0 Å². The molecule has 0 spiro atoms. The van der Waals surface area contributed by atoms with Crippen molar-refractivity contribution in [1.29, 1.82) is 0 Å². The summed E-state index contributed by atoms with van der Waals surface area (Å²) in [4.78, 5) is 38.5. The lowest BCUT2D eigenvalue weighted by atomic mass is 10.2. The van der Waals surface area contributed by atoms with Crippen LogP contribution in [0.2, 0.25) is 0 Å². The maximum absolute atomic E-state index is 12.3. The summed E-state index contributed by atoms with van der Waals surface area (Å²) in [5, 5.41) is -0.460. The van der Waals surface area contributed by atoms with Crippen molar-refractivity contribution in [3.63, 3.8) is 0 Å². The number of ether oxygens (including phenoxy) is 1. The van der Waals surface area contributed by atoms with Gasteiger partial charge in [0.15, 0.2) is 0 Å². The first-order chi connectivity index (χ1) is 11.2. The van der Waals surface area contributed by atoms with Crippen molar-refractivity contribution in [2.75, 3.05) is 12.8 Å². The molecule has 1 aromatic carbocycles. The van der Waals surface area contributed by atoms with E-state index in [9.17, 15) is 14.4 Å². The van der Waals surface area contributed by atoms with Crippen LogP contribution in [-0.2, 0) is 14.3 Å². The first-order valence-corrected chi connectivity index (χ1v) is 9.35. The van der Waals surface area contributed by atoms with E-state index < -0.39 is 22.7 Å². The second-order valence-corrected chi connectivity index (χ2v) is 8.00. The molecule has 128 valence electrons. The molecule has 1 heterocycles. The summed E-state index contributed by atoms with van der Waals surface area (Å²) in [6.07, 6.45) is 3.64. The van der Waals surface area contributed by atoms with Gasteiger partial charge in [0.05, 0.1) is 4.91 Å². The Balaban J connectivity index is 2.10. The van der Waals surface area contributed by atoms with E-state index in [4.69, 9.17) is 4.74 Å². The predicted molar refractivity (Wildman–Crippen MR) is 96.7 cm³/mol. The number of hydrogen-bond acceptors (Lipinski definition) is 6. The smallest absolute Gasteiger partial charge is 0.326 e. The Bertz CT molecular complexity index is 690. The molecule has 0 N–H and O–H groups in total. The molecule has 1 aromatic rings. The average molecular weight is 365 g/mol. The minimum absolute atomic E-state index is 0.306. The Labute approximate surface area is 149 Å². The normalized spacial score (nSPS) is 16.8. The first-order valence-electron chi connectivity index (χ1n) is 7.31. The van der Waals surface area contributed by atoms with Crippen LogP contribution in [0.1, 0.15) is 26.3 Å². The van der Waals surface area contributed by atoms with E-state index in [1.54, 1.807) is 38.6 Å². The van der Waals surface area contributed by atoms with Crippen molar-refractivity contribution in [3.8, 4) is 0 Å². The fourth-order valence-electron chi connectivity index (χ4n) is 1.99. The molecule has 2 amide bonds. The van der Waals surface area contributed by atoms with Crippen LogP contribution in [0, 0.1) is 0 Å². The molecule has 0 atom stereocenters. The number of esters is 1. The highest BCUT2D eigenvalue weighted by Gasteiger charge is 2.37. The summed E-state index contributed by atoms with van der Waals surface area (Å²) >= 11 is 2.46. The van der Waals surface area contributed by atoms with Gasteiger partial charge >= 0.3 is 5.97 Å². The topological polar surface area (TPSA) is 63.7 Å². The van der Waals surface area contributed by atoms with E-state index in [1.165, 1.54) is 0 Å². The molecule has 5 nitrogen and oxygen atoms in total. The fourth-order valence-corrected chi connectivity index (χ4v) is 3.24. The van der Waals surface area contributed by atoms with Gasteiger partial charge < -0.3 is 4.74 Å². The second-order valence-electron chi connectivity index (χ2n) is 6.13. The zero-order chi connectivity index (χ0) is 17.9. The Hall–Kier alpha value is -1.73. The molecule has 24 heavy (non-hydrogen) atoms. The molecule has 0 unspecified atom stereocenters. The molecule has 0 aliphatic carbocycles. The number of thioether (sulfide) groups is 2. The Morgan fingerprint density at radius 1 is 1.25 bits per heavy atom. The van der Waals surface area contributed by atoms with E-state index in [0.29, 0.717) is 4.91 Å². The van der Waals surface area contributed by atoms with Crippen LogP contribution >= 0.6 is 23.5 Å². The third-order valence-corrected chi connectivity index (χ3v) is 4.65. The quantitative estimate of drug-likeness (QED) is 0.460. The maximum atomic E-state index is 12.3. The highest BCUT2D eigenvalue weighted by atomic mass is 32.2. The zero-order valence-corrected chi connectivity index (χ0v) is 15.6. The minimum atomic E-state index is -0.659. The monoisotopic (exact) mass is 365 g/mol. The van der Waals surface area contributed by atoms with Gasteiger partial charge in [0.25, 0.3) is 11.1 Å². The van der Waals surface area contributed by atoms with Crippen LogP contribution < -0.4 is 0 Å². The highest BCUT2D eigenvalue weighted by molar-refractivity contribution is 8.18.